The molecule has 5 heteroatoms. The molecule has 1 N–H and O–H groups in total. The van der Waals surface area contributed by atoms with E-state index in [1.54, 1.807) is 11.8 Å². The lowest BCUT2D eigenvalue weighted by Crippen LogP contribution is -2.03. The van der Waals surface area contributed by atoms with Gasteiger partial charge in [0, 0.05) is 10.8 Å². The molecule has 1 aromatic heterocycles. The van der Waals surface area contributed by atoms with Crippen LogP contribution in [0.5, 0.6) is 5.75 Å². The zero-order chi connectivity index (χ0) is 15.7. The molecule has 1 heterocycles. The van der Waals surface area contributed by atoms with E-state index in [9.17, 15) is 9.90 Å². The molecule has 0 fully saturated rings. The van der Waals surface area contributed by atoms with Gasteiger partial charge < -0.3 is 9.84 Å². The Morgan fingerprint density at radius 3 is 2.52 bits per heavy atom. The third-order valence-corrected chi connectivity index (χ3v) is 3.77. The Hall–Kier alpha value is -1.75. The molecule has 0 bridgehead atoms. The van der Waals surface area contributed by atoms with Gasteiger partial charge in [-0.1, -0.05) is 38.1 Å². The standard InChI is InChI=1S/C11H11NOS.C5H10O2/c1-2-14-11-9-6-4-3-5-8(9)10(13)7-12-11;1-3-5(2)7-4-6/h3-7,13H,2H2,1H3;4-5H,3H2,1-2H3. The van der Waals surface area contributed by atoms with E-state index >= 15 is 0 Å². The molecular weight excluding hydrogens is 286 g/mol. The van der Waals surface area contributed by atoms with E-state index < -0.39 is 0 Å². The fraction of sp³-hybridized carbons (Fsp3) is 0.375. The van der Waals surface area contributed by atoms with Crippen LogP contribution in [0, 0.1) is 0 Å². The van der Waals surface area contributed by atoms with Crippen LogP contribution in [0.15, 0.2) is 35.5 Å². The predicted molar refractivity (Wildman–Crippen MR) is 86.7 cm³/mol. The predicted octanol–water partition coefficient (Wildman–Crippen LogP) is 4.01. The third-order valence-electron chi connectivity index (χ3n) is 2.88. The Bertz CT molecular complexity index is 574. The number of rotatable bonds is 5. The van der Waals surface area contributed by atoms with Crippen LogP contribution >= 0.6 is 11.8 Å². The number of carbonyl (C=O) groups excluding carboxylic acids is 1. The molecule has 0 aliphatic rings. The van der Waals surface area contributed by atoms with E-state index in [-0.39, 0.29) is 11.9 Å². The first kappa shape index (κ1) is 17.3. The number of aromatic nitrogens is 1. The first-order valence-corrected chi connectivity index (χ1v) is 7.91. The summed E-state index contributed by atoms with van der Waals surface area (Å²) in [7, 11) is 0. The van der Waals surface area contributed by atoms with Crippen molar-refractivity contribution in [3.8, 4) is 5.75 Å². The molecule has 2 aromatic rings. The van der Waals surface area contributed by atoms with Gasteiger partial charge in [0.05, 0.1) is 12.3 Å². The third kappa shape index (κ3) is 5.27. The molecule has 1 aromatic carbocycles. The van der Waals surface area contributed by atoms with E-state index in [0.29, 0.717) is 6.47 Å². The van der Waals surface area contributed by atoms with Crippen LogP contribution in [0.4, 0.5) is 0 Å². The molecule has 4 nitrogen and oxygen atoms in total. The summed E-state index contributed by atoms with van der Waals surface area (Å²) in [4.78, 5) is 13.8. The second-order valence-corrected chi connectivity index (χ2v) is 5.63. The fourth-order valence-corrected chi connectivity index (χ4v) is 2.33. The van der Waals surface area contributed by atoms with Crippen molar-refractivity contribution in [2.45, 2.75) is 38.3 Å². The van der Waals surface area contributed by atoms with Crippen molar-refractivity contribution in [2.75, 3.05) is 5.75 Å². The van der Waals surface area contributed by atoms with Gasteiger partial charge in [-0.15, -0.1) is 11.8 Å². The average Bonchev–Trinajstić information content (AvgIpc) is 2.51. The molecule has 1 atom stereocenters. The Labute approximate surface area is 129 Å². The van der Waals surface area contributed by atoms with Crippen molar-refractivity contribution in [3.05, 3.63) is 30.5 Å². The van der Waals surface area contributed by atoms with Gasteiger partial charge >= 0.3 is 0 Å². The SMILES string of the molecule is CCC(C)OC=O.CCSc1ncc(O)c2ccccc12. The minimum atomic E-state index is 0.0810. The normalized spacial score (nSPS) is 11.4. The summed E-state index contributed by atoms with van der Waals surface area (Å²) in [6.07, 6.45) is 2.48. The molecule has 0 aliphatic carbocycles. The maximum atomic E-state index is 9.59. The molecule has 21 heavy (non-hydrogen) atoms. The van der Waals surface area contributed by atoms with E-state index in [1.165, 1.54) is 6.20 Å². The van der Waals surface area contributed by atoms with Crippen molar-refractivity contribution in [3.63, 3.8) is 0 Å². The summed E-state index contributed by atoms with van der Waals surface area (Å²) in [5.41, 5.74) is 0. The summed E-state index contributed by atoms with van der Waals surface area (Å²) in [6, 6.07) is 7.78. The van der Waals surface area contributed by atoms with E-state index in [4.69, 9.17) is 0 Å². The Morgan fingerprint density at radius 2 is 2.00 bits per heavy atom. The lowest BCUT2D eigenvalue weighted by molar-refractivity contribution is -0.132. The summed E-state index contributed by atoms with van der Waals surface area (Å²) in [5, 5.41) is 12.5. The van der Waals surface area contributed by atoms with Crippen LogP contribution in [0.1, 0.15) is 27.2 Å². The van der Waals surface area contributed by atoms with Crippen LogP contribution in [0.2, 0.25) is 0 Å². The smallest absolute Gasteiger partial charge is 0.293 e. The van der Waals surface area contributed by atoms with Crippen molar-refractivity contribution < 1.29 is 14.6 Å². The number of fused-ring (bicyclic) bond motifs is 1. The number of ether oxygens (including phenoxy) is 1. The maximum absolute atomic E-state index is 9.59. The molecule has 0 saturated heterocycles. The van der Waals surface area contributed by atoms with Crippen molar-refractivity contribution in [2.24, 2.45) is 0 Å². The first-order chi connectivity index (χ1) is 10.1. The first-order valence-electron chi connectivity index (χ1n) is 6.92. The van der Waals surface area contributed by atoms with Crippen LogP contribution in [0.3, 0.4) is 0 Å². The van der Waals surface area contributed by atoms with Crippen molar-refractivity contribution in [1.29, 1.82) is 0 Å². The minimum Gasteiger partial charge on any atom is -0.506 e. The van der Waals surface area contributed by atoms with E-state index in [2.05, 4.69) is 16.6 Å². The maximum Gasteiger partial charge on any atom is 0.293 e. The van der Waals surface area contributed by atoms with Gasteiger partial charge in [0.15, 0.2) is 0 Å². The van der Waals surface area contributed by atoms with Crippen LogP contribution < -0.4 is 0 Å². The number of hydrogen-bond donors (Lipinski definition) is 1. The van der Waals surface area contributed by atoms with E-state index in [1.807, 2.05) is 38.1 Å². The lowest BCUT2D eigenvalue weighted by atomic mass is 10.2. The topological polar surface area (TPSA) is 59.4 Å². The molecule has 1 unspecified atom stereocenters. The second-order valence-electron chi connectivity index (χ2n) is 4.38. The highest BCUT2D eigenvalue weighted by Gasteiger charge is 2.05. The minimum absolute atomic E-state index is 0.0810. The number of thioether (sulfide) groups is 1. The number of nitrogens with zero attached hydrogens (tertiary/aromatic N) is 1. The monoisotopic (exact) mass is 307 g/mol. The van der Waals surface area contributed by atoms with Crippen LogP contribution in [-0.4, -0.2) is 28.4 Å². The molecule has 114 valence electrons. The van der Waals surface area contributed by atoms with Gasteiger partial charge in [-0.05, 0) is 19.1 Å². The van der Waals surface area contributed by atoms with Crippen molar-refractivity contribution in [1.82, 2.24) is 4.98 Å². The quantitative estimate of drug-likeness (QED) is 0.668. The molecule has 0 amide bonds. The summed E-state index contributed by atoms with van der Waals surface area (Å²) >= 11 is 1.69. The molecule has 0 aliphatic heterocycles. The van der Waals surface area contributed by atoms with Crippen molar-refractivity contribution >= 4 is 29.0 Å². The number of pyridine rings is 1. The number of carbonyl (C=O) groups is 1. The summed E-state index contributed by atoms with van der Waals surface area (Å²) in [5.74, 6) is 1.24. The Kier molecular flexibility index (Phi) is 7.61. The zero-order valence-corrected chi connectivity index (χ0v) is 13.4. The van der Waals surface area contributed by atoms with Gasteiger partial charge in [-0.2, -0.15) is 0 Å². The number of benzene rings is 1. The highest BCUT2D eigenvalue weighted by molar-refractivity contribution is 7.99. The Morgan fingerprint density at radius 1 is 1.33 bits per heavy atom. The zero-order valence-electron chi connectivity index (χ0n) is 12.6. The highest BCUT2D eigenvalue weighted by Crippen LogP contribution is 2.30. The molecular formula is C16H21NO3S. The van der Waals surface area contributed by atoms with Gasteiger partial charge in [-0.25, -0.2) is 4.98 Å². The largest absolute Gasteiger partial charge is 0.506 e. The summed E-state index contributed by atoms with van der Waals surface area (Å²) < 4.78 is 4.51. The Balaban J connectivity index is 0.000000270. The second kappa shape index (κ2) is 9.23. The summed E-state index contributed by atoms with van der Waals surface area (Å²) in [6.45, 7) is 6.39. The van der Waals surface area contributed by atoms with Crippen LogP contribution in [-0.2, 0) is 9.53 Å². The van der Waals surface area contributed by atoms with Gasteiger partial charge in [0.25, 0.3) is 6.47 Å². The van der Waals surface area contributed by atoms with Crippen LogP contribution in [0.25, 0.3) is 10.8 Å². The highest BCUT2D eigenvalue weighted by atomic mass is 32.2. The van der Waals surface area contributed by atoms with Gasteiger partial charge in [-0.3, -0.25) is 4.79 Å². The van der Waals surface area contributed by atoms with Gasteiger partial charge in [0.2, 0.25) is 0 Å². The molecule has 0 spiro atoms. The van der Waals surface area contributed by atoms with Gasteiger partial charge in [0.1, 0.15) is 10.8 Å². The lowest BCUT2D eigenvalue weighted by Gasteiger charge is -2.04. The molecule has 0 saturated carbocycles. The molecule has 2 rings (SSSR count). The average molecular weight is 307 g/mol. The van der Waals surface area contributed by atoms with E-state index in [0.717, 1.165) is 28.0 Å². The number of hydrogen-bond acceptors (Lipinski definition) is 5. The molecule has 0 radical (unpaired) electrons. The number of aromatic hydroxyl groups is 1. The fourth-order valence-electron chi connectivity index (χ4n) is 1.59.